The van der Waals surface area contributed by atoms with Gasteiger partial charge in [-0.3, -0.25) is 9.78 Å². The summed E-state index contributed by atoms with van der Waals surface area (Å²) in [6, 6.07) is 1.56. The van der Waals surface area contributed by atoms with Gasteiger partial charge >= 0.3 is 0 Å². The monoisotopic (exact) mass is 252 g/mol. The maximum absolute atomic E-state index is 12.2. The van der Waals surface area contributed by atoms with E-state index in [-0.39, 0.29) is 11.7 Å². The van der Waals surface area contributed by atoms with E-state index in [1.165, 1.54) is 12.4 Å². The van der Waals surface area contributed by atoms with E-state index in [2.05, 4.69) is 18.8 Å². The summed E-state index contributed by atoms with van der Waals surface area (Å²) < 4.78 is 0. The van der Waals surface area contributed by atoms with Gasteiger partial charge in [0.25, 0.3) is 5.91 Å². The standard InChI is InChI=1S/C12H16N2O2S/c1-8-6-14(7-9(2)17-8)12(16)10-3-4-13-5-11(10)15/h3-5,8-9,15H,6-7H2,1-2H3. The van der Waals surface area contributed by atoms with Crippen molar-refractivity contribution in [2.75, 3.05) is 13.1 Å². The molecule has 1 aromatic heterocycles. The largest absolute Gasteiger partial charge is 0.505 e. The number of pyridine rings is 1. The van der Waals surface area contributed by atoms with Gasteiger partial charge in [0.1, 0.15) is 5.75 Å². The summed E-state index contributed by atoms with van der Waals surface area (Å²) in [5.41, 5.74) is 0.339. The number of aromatic nitrogens is 1. The molecule has 2 atom stereocenters. The highest BCUT2D eigenvalue weighted by Gasteiger charge is 2.27. The number of nitrogens with zero attached hydrogens (tertiary/aromatic N) is 2. The van der Waals surface area contributed by atoms with Crippen molar-refractivity contribution in [3.8, 4) is 5.75 Å². The molecule has 0 bridgehead atoms. The Balaban J connectivity index is 2.17. The van der Waals surface area contributed by atoms with E-state index in [0.29, 0.717) is 16.1 Å². The van der Waals surface area contributed by atoms with Gasteiger partial charge in [0.2, 0.25) is 0 Å². The van der Waals surface area contributed by atoms with Crippen molar-refractivity contribution in [2.24, 2.45) is 0 Å². The van der Waals surface area contributed by atoms with Crippen LogP contribution < -0.4 is 0 Å². The zero-order valence-corrected chi connectivity index (χ0v) is 10.8. The number of carbonyl (C=O) groups is 1. The van der Waals surface area contributed by atoms with Crippen molar-refractivity contribution in [2.45, 2.75) is 24.3 Å². The minimum atomic E-state index is -0.107. The second-order valence-corrected chi connectivity index (χ2v) is 6.24. The molecule has 5 heteroatoms. The first-order valence-corrected chi connectivity index (χ1v) is 6.60. The Bertz CT molecular complexity index is 415. The molecule has 1 amide bonds. The Morgan fingerprint density at radius 2 is 2.12 bits per heavy atom. The first-order valence-electron chi connectivity index (χ1n) is 5.65. The van der Waals surface area contributed by atoms with Crippen LogP contribution in [0.5, 0.6) is 5.75 Å². The minimum Gasteiger partial charge on any atom is -0.505 e. The number of hydrogen-bond donors (Lipinski definition) is 1. The van der Waals surface area contributed by atoms with Crippen molar-refractivity contribution in [1.82, 2.24) is 9.88 Å². The molecule has 1 aliphatic rings. The molecule has 2 heterocycles. The average Bonchev–Trinajstić information content (AvgIpc) is 2.27. The van der Waals surface area contributed by atoms with Gasteiger partial charge in [-0.2, -0.15) is 11.8 Å². The lowest BCUT2D eigenvalue weighted by Crippen LogP contribution is -2.44. The van der Waals surface area contributed by atoms with Gasteiger partial charge in [0.15, 0.2) is 0 Å². The van der Waals surface area contributed by atoms with E-state index >= 15 is 0 Å². The van der Waals surface area contributed by atoms with Crippen LogP contribution in [-0.2, 0) is 0 Å². The SMILES string of the molecule is CC1CN(C(=O)c2ccncc2O)CC(C)S1. The van der Waals surface area contributed by atoms with Crippen LogP contribution in [0.2, 0.25) is 0 Å². The lowest BCUT2D eigenvalue weighted by Gasteiger charge is -2.34. The fourth-order valence-corrected chi connectivity index (χ4v) is 3.41. The second-order valence-electron chi connectivity index (χ2n) is 4.36. The van der Waals surface area contributed by atoms with Crippen LogP contribution in [-0.4, -0.2) is 44.5 Å². The Morgan fingerprint density at radius 3 is 2.71 bits per heavy atom. The quantitative estimate of drug-likeness (QED) is 0.827. The van der Waals surface area contributed by atoms with Crippen LogP contribution in [0, 0.1) is 0 Å². The number of amides is 1. The molecule has 17 heavy (non-hydrogen) atoms. The maximum Gasteiger partial charge on any atom is 0.257 e. The molecule has 1 aromatic rings. The first-order chi connectivity index (χ1) is 8.08. The van der Waals surface area contributed by atoms with Crippen LogP contribution >= 0.6 is 11.8 Å². The molecule has 2 rings (SSSR count). The van der Waals surface area contributed by atoms with Crippen LogP contribution in [0.3, 0.4) is 0 Å². The lowest BCUT2D eigenvalue weighted by atomic mass is 10.2. The maximum atomic E-state index is 12.2. The normalized spacial score (nSPS) is 24.7. The van der Waals surface area contributed by atoms with E-state index in [4.69, 9.17) is 0 Å². The Labute approximate surface area is 105 Å². The van der Waals surface area contributed by atoms with Gasteiger partial charge in [-0.05, 0) is 6.07 Å². The summed E-state index contributed by atoms with van der Waals surface area (Å²) in [6.45, 7) is 5.70. The molecule has 0 radical (unpaired) electrons. The van der Waals surface area contributed by atoms with Crippen molar-refractivity contribution in [1.29, 1.82) is 0 Å². The molecule has 1 aliphatic heterocycles. The van der Waals surface area contributed by atoms with E-state index in [9.17, 15) is 9.90 Å². The van der Waals surface area contributed by atoms with Crippen molar-refractivity contribution >= 4 is 17.7 Å². The number of thioether (sulfide) groups is 1. The van der Waals surface area contributed by atoms with Crippen LogP contribution in [0.4, 0.5) is 0 Å². The Morgan fingerprint density at radius 1 is 1.47 bits per heavy atom. The molecule has 1 fully saturated rings. The fraction of sp³-hybridized carbons (Fsp3) is 0.500. The summed E-state index contributed by atoms with van der Waals surface area (Å²) in [4.78, 5) is 17.8. The topological polar surface area (TPSA) is 53.4 Å². The molecule has 0 aliphatic carbocycles. The third-order valence-corrected chi connectivity index (χ3v) is 3.96. The van der Waals surface area contributed by atoms with E-state index in [0.717, 1.165) is 13.1 Å². The third-order valence-electron chi connectivity index (χ3n) is 2.74. The summed E-state index contributed by atoms with van der Waals surface area (Å²) in [6.07, 6.45) is 2.83. The minimum absolute atomic E-state index is 0.0453. The lowest BCUT2D eigenvalue weighted by molar-refractivity contribution is 0.0750. The number of carbonyl (C=O) groups excluding carboxylic acids is 1. The van der Waals surface area contributed by atoms with Crippen LogP contribution in [0.25, 0.3) is 0 Å². The molecular weight excluding hydrogens is 236 g/mol. The molecular formula is C12H16N2O2S. The first kappa shape index (κ1) is 12.2. The van der Waals surface area contributed by atoms with Crippen molar-refractivity contribution in [3.63, 3.8) is 0 Å². The number of hydrogen-bond acceptors (Lipinski definition) is 4. The van der Waals surface area contributed by atoms with Gasteiger partial charge in [-0.15, -0.1) is 0 Å². The fourth-order valence-electron chi connectivity index (χ4n) is 2.08. The highest BCUT2D eigenvalue weighted by atomic mass is 32.2. The molecule has 0 spiro atoms. The second kappa shape index (κ2) is 4.96. The predicted octanol–water partition coefficient (Wildman–Crippen LogP) is 1.75. The summed E-state index contributed by atoms with van der Waals surface area (Å²) in [5, 5.41) is 10.5. The predicted molar refractivity (Wildman–Crippen MR) is 68.3 cm³/mol. The summed E-state index contributed by atoms with van der Waals surface area (Å²) in [7, 11) is 0. The molecule has 92 valence electrons. The molecule has 0 saturated carbocycles. The Hall–Kier alpha value is -1.23. The number of aromatic hydroxyl groups is 1. The van der Waals surface area contributed by atoms with Gasteiger partial charge in [0, 0.05) is 29.8 Å². The smallest absolute Gasteiger partial charge is 0.257 e. The molecule has 2 unspecified atom stereocenters. The van der Waals surface area contributed by atoms with Crippen molar-refractivity contribution < 1.29 is 9.90 Å². The van der Waals surface area contributed by atoms with Crippen LogP contribution in [0.15, 0.2) is 18.5 Å². The summed E-state index contributed by atoms with van der Waals surface area (Å²) in [5.74, 6) is -0.153. The number of rotatable bonds is 1. The zero-order chi connectivity index (χ0) is 12.4. The average molecular weight is 252 g/mol. The summed E-state index contributed by atoms with van der Waals surface area (Å²) >= 11 is 1.89. The van der Waals surface area contributed by atoms with E-state index in [1.54, 1.807) is 11.0 Å². The third kappa shape index (κ3) is 2.72. The molecule has 1 saturated heterocycles. The van der Waals surface area contributed by atoms with Gasteiger partial charge < -0.3 is 10.0 Å². The van der Waals surface area contributed by atoms with E-state index in [1.807, 2.05) is 11.8 Å². The van der Waals surface area contributed by atoms with Crippen LogP contribution in [0.1, 0.15) is 24.2 Å². The highest BCUT2D eigenvalue weighted by molar-refractivity contribution is 8.00. The van der Waals surface area contributed by atoms with Crippen molar-refractivity contribution in [3.05, 3.63) is 24.0 Å². The van der Waals surface area contributed by atoms with E-state index < -0.39 is 0 Å². The molecule has 4 nitrogen and oxygen atoms in total. The van der Waals surface area contributed by atoms with Gasteiger partial charge in [-0.25, -0.2) is 0 Å². The van der Waals surface area contributed by atoms with Gasteiger partial charge in [0.05, 0.1) is 11.8 Å². The Kier molecular flexibility index (Phi) is 3.57. The molecule has 1 N–H and O–H groups in total. The zero-order valence-electron chi connectivity index (χ0n) is 9.96. The molecule has 0 aromatic carbocycles. The van der Waals surface area contributed by atoms with Gasteiger partial charge in [-0.1, -0.05) is 13.8 Å². The highest BCUT2D eigenvalue weighted by Crippen LogP contribution is 2.27.